The summed E-state index contributed by atoms with van der Waals surface area (Å²) in [6, 6.07) is 16.6. The highest BCUT2D eigenvalue weighted by atomic mass is 16.6. The van der Waals surface area contributed by atoms with Crippen LogP contribution in [0.3, 0.4) is 0 Å². The summed E-state index contributed by atoms with van der Waals surface area (Å²) in [4.78, 5) is 25.5. The van der Waals surface area contributed by atoms with Gasteiger partial charge in [0.1, 0.15) is 6.61 Å². The Hall–Kier alpha value is -3.08. The number of carbonyl (C=O) groups excluding carboxylic acids is 2. The molecule has 24 heavy (non-hydrogen) atoms. The van der Waals surface area contributed by atoms with Gasteiger partial charge in [0.25, 0.3) is 5.91 Å². The first kappa shape index (κ1) is 15.8. The van der Waals surface area contributed by atoms with E-state index >= 15 is 0 Å². The molecule has 3 rings (SSSR count). The predicted octanol–water partition coefficient (Wildman–Crippen LogP) is 2.87. The molecule has 0 spiro atoms. The summed E-state index contributed by atoms with van der Waals surface area (Å²) in [5, 5.41) is 0. The van der Waals surface area contributed by atoms with E-state index in [0.29, 0.717) is 12.1 Å². The van der Waals surface area contributed by atoms with E-state index in [1.807, 2.05) is 42.5 Å². The average Bonchev–Trinajstić information content (AvgIpc) is 2.95. The highest BCUT2D eigenvalue weighted by molar-refractivity contribution is 6.02. The number of benzene rings is 2. The summed E-state index contributed by atoms with van der Waals surface area (Å²) in [6.45, 7) is 0.217. The molecular weight excluding hydrogens is 304 g/mol. The largest absolute Gasteiger partial charge is 0.447 e. The number of ether oxygens (including phenoxy) is 1. The van der Waals surface area contributed by atoms with E-state index in [4.69, 9.17) is 10.5 Å². The van der Waals surface area contributed by atoms with Crippen LogP contribution in [0.1, 0.15) is 11.1 Å². The van der Waals surface area contributed by atoms with Gasteiger partial charge in [-0.25, -0.2) is 9.69 Å². The standard InChI is InChI=1S/C19H18N2O3/c20-16-9-6-14(7-10-16)8-11-18(22)21-17(13-24-19(21)23)12-15-4-2-1-3-5-15/h1-11,17H,12-13,20H2/t17-/m0/s1. The first-order valence-corrected chi connectivity index (χ1v) is 7.71. The smallest absolute Gasteiger partial charge is 0.417 e. The molecule has 0 saturated carbocycles. The molecule has 122 valence electrons. The van der Waals surface area contributed by atoms with Crippen molar-refractivity contribution < 1.29 is 14.3 Å². The molecule has 1 aliphatic heterocycles. The maximum absolute atomic E-state index is 12.4. The number of anilines is 1. The minimum atomic E-state index is -0.595. The normalized spacial score (nSPS) is 17.2. The number of cyclic esters (lactones) is 1. The van der Waals surface area contributed by atoms with Gasteiger partial charge in [-0.15, -0.1) is 0 Å². The van der Waals surface area contributed by atoms with E-state index in [9.17, 15) is 9.59 Å². The lowest BCUT2D eigenvalue weighted by Gasteiger charge is -2.18. The molecule has 0 aromatic heterocycles. The molecule has 1 fully saturated rings. The van der Waals surface area contributed by atoms with Gasteiger partial charge in [0.15, 0.2) is 0 Å². The fourth-order valence-electron chi connectivity index (χ4n) is 2.62. The van der Waals surface area contributed by atoms with Gasteiger partial charge in [-0.2, -0.15) is 0 Å². The zero-order valence-corrected chi connectivity index (χ0v) is 13.1. The van der Waals surface area contributed by atoms with Crippen LogP contribution in [0, 0.1) is 0 Å². The van der Waals surface area contributed by atoms with Crippen LogP contribution in [0.4, 0.5) is 10.5 Å². The van der Waals surface area contributed by atoms with Crippen molar-refractivity contribution in [2.45, 2.75) is 12.5 Å². The Morgan fingerprint density at radius 1 is 1.17 bits per heavy atom. The minimum Gasteiger partial charge on any atom is -0.447 e. The molecule has 5 nitrogen and oxygen atoms in total. The Morgan fingerprint density at radius 3 is 2.58 bits per heavy atom. The molecule has 5 heteroatoms. The Balaban J connectivity index is 1.71. The van der Waals surface area contributed by atoms with Gasteiger partial charge < -0.3 is 10.5 Å². The molecule has 0 aliphatic carbocycles. The van der Waals surface area contributed by atoms with Crippen LogP contribution in [-0.2, 0) is 16.0 Å². The number of nitrogens with two attached hydrogens (primary N) is 1. The third-order valence-electron chi connectivity index (χ3n) is 3.87. The molecule has 2 N–H and O–H groups in total. The van der Waals surface area contributed by atoms with Crippen molar-refractivity contribution in [3.05, 3.63) is 71.8 Å². The lowest BCUT2D eigenvalue weighted by Crippen LogP contribution is -2.39. The number of nitrogens with zero attached hydrogens (tertiary/aromatic N) is 1. The zero-order valence-electron chi connectivity index (χ0n) is 13.1. The van der Waals surface area contributed by atoms with E-state index in [-0.39, 0.29) is 18.6 Å². The van der Waals surface area contributed by atoms with E-state index in [1.165, 1.54) is 11.0 Å². The van der Waals surface area contributed by atoms with Crippen LogP contribution in [-0.4, -0.2) is 29.5 Å². The molecule has 1 heterocycles. The second kappa shape index (κ2) is 7.00. The van der Waals surface area contributed by atoms with Crippen LogP contribution in [0.2, 0.25) is 0 Å². The summed E-state index contributed by atoms with van der Waals surface area (Å²) in [5.41, 5.74) is 8.18. The van der Waals surface area contributed by atoms with Gasteiger partial charge in [-0.3, -0.25) is 4.79 Å². The van der Waals surface area contributed by atoms with Gasteiger partial charge in [-0.05, 0) is 35.8 Å². The zero-order chi connectivity index (χ0) is 16.9. The molecule has 1 aliphatic rings. The van der Waals surface area contributed by atoms with Gasteiger partial charge in [0.2, 0.25) is 0 Å². The number of nitrogen functional groups attached to an aromatic ring is 1. The summed E-state index contributed by atoms with van der Waals surface area (Å²) in [6.07, 6.45) is 3.03. The Bertz CT molecular complexity index is 754. The molecule has 1 saturated heterocycles. The molecule has 1 atom stereocenters. The fourth-order valence-corrected chi connectivity index (χ4v) is 2.62. The summed E-state index contributed by atoms with van der Waals surface area (Å²) < 4.78 is 5.05. The third kappa shape index (κ3) is 3.63. The summed E-state index contributed by atoms with van der Waals surface area (Å²) >= 11 is 0. The summed E-state index contributed by atoms with van der Waals surface area (Å²) in [5.74, 6) is -0.379. The maximum atomic E-state index is 12.4. The molecule has 2 aromatic carbocycles. The Kier molecular flexibility index (Phi) is 4.61. The summed E-state index contributed by atoms with van der Waals surface area (Å²) in [7, 11) is 0. The van der Waals surface area contributed by atoms with Gasteiger partial charge >= 0.3 is 6.09 Å². The first-order chi connectivity index (χ1) is 11.6. The maximum Gasteiger partial charge on any atom is 0.417 e. The van der Waals surface area contributed by atoms with Gasteiger partial charge in [0, 0.05) is 11.8 Å². The topological polar surface area (TPSA) is 72.6 Å². The quantitative estimate of drug-likeness (QED) is 0.694. The van der Waals surface area contributed by atoms with Crippen LogP contribution < -0.4 is 5.73 Å². The number of amides is 2. The third-order valence-corrected chi connectivity index (χ3v) is 3.87. The minimum absolute atomic E-state index is 0.217. The first-order valence-electron chi connectivity index (χ1n) is 7.71. The lowest BCUT2D eigenvalue weighted by molar-refractivity contribution is -0.124. The van der Waals surface area contributed by atoms with Gasteiger partial charge in [0.05, 0.1) is 6.04 Å². The van der Waals surface area contributed by atoms with E-state index in [1.54, 1.807) is 18.2 Å². The Labute approximate surface area is 140 Å². The number of hydrogen-bond acceptors (Lipinski definition) is 4. The van der Waals surface area contributed by atoms with Crippen molar-refractivity contribution in [2.75, 3.05) is 12.3 Å². The molecule has 2 amide bonds. The molecular formula is C19H18N2O3. The highest BCUT2D eigenvalue weighted by Crippen LogP contribution is 2.18. The SMILES string of the molecule is Nc1ccc(C=CC(=O)N2C(=O)OC[C@@H]2Cc2ccccc2)cc1. The van der Waals surface area contributed by atoms with Crippen LogP contribution in [0.25, 0.3) is 6.08 Å². The number of hydrogen-bond donors (Lipinski definition) is 1. The van der Waals surface area contributed by atoms with Crippen molar-refractivity contribution >= 4 is 23.8 Å². The molecule has 2 aromatic rings. The van der Waals surface area contributed by atoms with Crippen LogP contribution >= 0.6 is 0 Å². The van der Waals surface area contributed by atoms with E-state index in [0.717, 1.165) is 11.1 Å². The second-order valence-corrected chi connectivity index (χ2v) is 5.63. The molecule has 0 unspecified atom stereocenters. The number of rotatable bonds is 4. The molecule has 0 bridgehead atoms. The average molecular weight is 322 g/mol. The fraction of sp³-hybridized carbons (Fsp3) is 0.158. The van der Waals surface area contributed by atoms with Crippen molar-refractivity contribution in [2.24, 2.45) is 0 Å². The van der Waals surface area contributed by atoms with Crippen LogP contribution in [0.15, 0.2) is 60.7 Å². The number of imide groups is 1. The Morgan fingerprint density at radius 2 is 1.88 bits per heavy atom. The highest BCUT2D eigenvalue weighted by Gasteiger charge is 2.36. The lowest BCUT2D eigenvalue weighted by atomic mass is 10.1. The van der Waals surface area contributed by atoms with Gasteiger partial charge in [-0.1, -0.05) is 42.5 Å². The van der Waals surface area contributed by atoms with Crippen LogP contribution in [0.5, 0.6) is 0 Å². The van der Waals surface area contributed by atoms with Crippen molar-refractivity contribution in [3.63, 3.8) is 0 Å². The van der Waals surface area contributed by atoms with E-state index in [2.05, 4.69) is 0 Å². The van der Waals surface area contributed by atoms with Crippen molar-refractivity contribution in [1.29, 1.82) is 0 Å². The van der Waals surface area contributed by atoms with E-state index < -0.39 is 6.09 Å². The second-order valence-electron chi connectivity index (χ2n) is 5.63. The van der Waals surface area contributed by atoms with Crippen molar-refractivity contribution in [1.82, 2.24) is 4.90 Å². The molecule has 0 radical (unpaired) electrons. The number of carbonyl (C=O) groups is 2. The monoisotopic (exact) mass is 322 g/mol. The van der Waals surface area contributed by atoms with Crippen molar-refractivity contribution in [3.8, 4) is 0 Å². The predicted molar refractivity (Wildman–Crippen MR) is 92.0 cm³/mol.